The number of nitrogens with one attached hydrogen (secondary N) is 2. The molecule has 0 spiro atoms. The summed E-state index contributed by atoms with van der Waals surface area (Å²) in [6, 6.07) is 36.9. The lowest BCUT2D eigenvalue weighted by molar-refractivity contribution is -0.219. The number of hydrogen-bond donors (Lipinski definition) is 2. The van der Waals surface area contributed by atoms with Crippen LogP contribution in [0.4, 0.5) is 13.2 Å². The number of carbonyl (C=O) groups excluding carboxylic acids is 1. The Labute approximate surface area is 219 Å². The van der Waals surface area contributed by atoms with E-state index in [0.717, 1.165) is 22.3 Å². The van der Waals surface area contributed by atoms with Crippen molar-refractivity contribution in [3.05, 3.63) is 144 Å². The van der Waals surface area contributed by atoms with Crippen molar-refractivity contribution in [1.29, 1.82) is 0 Å². The molecule has 7 heteroatoms. The normalized spacial score (nSPS) is 21.4. The minimum atomic E-state index is -5.15. The van der Waals surface area contributed by atoms with Crippen LogP contribution in [0, 0.1) is 0 Å². The van der Waals surface area contributed by atoms with Gasteiger partial charge in [-0.25, -0.2) is 4.79 Å². The first-order valence-corrected chi connectivity index (χ1v) is 12.4. The molecule has 2 unspecified atom stereocenters. The van der Waals surface area contributed by atoms with Crippen molar-refractivity contribution in [2.45, 2.75) is 36.4 Å². The second-order valence-electron chi connectivity index (χ2n) is 9.36. The number of halogens is 3. The van der Waals surface area contributed by atoms with Crippen molar-refractivity contribution in [3.8, 4) is 0 Å². The zero-order chi connectivity index (χ0) is 26.6. The van der Waals surface area contributed by atoms with Gasteiger partial charge in [-0.1, -0.05) is 121 Å². The maximum absolute atomic E-state index is 13.6. The third-order valence-electron chi connectivity index (χ3n) is 6.82. The molecule has 1 fully saturated rings. The lowest BCUT2D eigenvalue weighted by atomic mass is 9.86. The van der Waals surface area contributed by atoms with E-state index in [0.29, 0.717) is 0 Å². The van der Waals surface area contributed by atoms with Gasteiger partial charge < -0.3 is 4.74 Å². The Hall–Kier alpha value is -3.94. The van der Waals surface area contributed by atoms with Crippen molar-refractivity contribution in [1.82, 2.24) is 10.6 Å². The van der Waals surface area contributed by atoms with Crippen LogP contribution in [-0.4, -0.2) is 18.0 Å². The molecule has 4 aromatic rings. The van der Waals surface area contributed by atoms with Crippen molar-refractivity contribution >= 4 is 5.97 Å². The molecule has 0 aliphatic carbocycles. The predicted molar refractivity (Wildman–Crippen MR) is 139 cm³/mol. The summed E-state index contributed by atoms with van der Waals surface area (Å²) < 4.78 is 46.1. The fourth-order valence-electron chi connectivity index (χ4n) is 5.10. The fraction of sp³-hybridized carbons (Fsp3) is 0.194. The van der Waals surface area contributed by atoms with E-state index >= 15 is 0 Å². The summed E-state index contributed by atoms with van der Waals surface area (Å²) in [5.41, 5.74) is 3.50. The molecule has 5 rings (SSSR count). The molecule has 4 aromatic carbocycles. The highest BCUT2D eigenvalue weighted by Crippen LogP contribution is 2.43. The Morgan fingerprint density at radius 3 is 1.42 bits per heavy atom. The van der Waals surface area contributed by atoms with Crippen LogP contribution in [0.2, 0.25) is 0 Å². The Bertz CT molecular complexity index is 1250. The van der Waals surface area contributed by atoms with Gasteiger partial charge in [-0.3, -0.25) is 10.6 Å². The quantitative estimate of drug-likeness (QED) is 0.270. The van der Waals surface area contributed by atoms with Crippen LogP contribution < -0.4 is 10.6 Å². The zero-order valence-corrected chi connectivity index (χ0v) is 20.4. The average molecular weight is 517 g/mol. The first-order chi connectivity index (χ1) is 18.3. The predicted octanol–water partition coefficient (Wildman–Crippen LogP) is 6.64. The summed E-state index contributed by atoms with van der Waals surface area (Å²) in [6.07, 6.45) is -5.13. The maximum Gasteiger partial charge on any atom is 0.491 e. The van der Waals surface area contributed by atoms with Crippen molar-refractivity contribution in [3.63, 3.8) is 0 Å². The molecule has 1 saturated heterocycles. The van der Waals surface area contributed by atoms with Crippen LogP contribution in [-0.2, 0) is 9.53 Å². The number of carbonyl (C=O) groups is 1. The highest BCUT2D eigenvalue weighted by molar-refractivity contribution is 5.76. The van der Waals surface area contributed by atoms with E-state index in [1.54, 1.807) is 0 Å². The van der Waals surface area contributed by atoms with Crippen molar-refractivity contribution < 1.29 is 22.7 Å². The highest BCUT2D eigenvalue weighted by Gasteiger charge is 2.53. The molecule has 0 aromatic heterocycles. The second kappa shape index (κ2) is 10.8. The van der Waals surface area contributed by atoms with Crippen LogP contribution in [0.5, 0.6) is 0 Å². The lowest BCUT2D eigenvalue weighted by Gasteiger charge is -2.34. The first-order valence-electron chi connectivity index (χ1n) is 12.4. The van der Waals surface area contributed by atoms with Crippen LogP contribution in [0.15, 0.2) is 121 Å². The van der Waals surface area contributed by atoms with Gasteiger partial charge in [0.05, 0.1) is 12.1 Å². The number of alkyl halides is 3. The summed E-state index contributed by atoms with van der Waals surface area (Å²) in [4.78, 5) is 12.3. The van der Waals surface area contributed by atoms with Gasteiger partial charge in [-0.15, -0.1) is 0 Å². The van der Waals surface area contributed by atoms with Crippen molar-refractivity contribution in [2.24, 2.45) is 0 Å². The van der Waals surface area contributed by atoms with Gasteiger partial charge in [0.1, 0.15) is 0 Å². The second-order valence-corrected chi connectivity index (χ2v) is 9.36. The van der Waals surface area contributed by atoms with Gasteiger partial charge in [-0.2, -0.15) is 13.2 Å². The topological polar surface area (TPSA) is 50.4 Å². The van der Waals surface area contributed by atoms with Gasteiger partial charge >= 0.3 is 12.1 Å². The molecule has 38 heavy (non-hydrogen) atoms. The van der Waals surface area contributed by atoms with Crippen LogP contribution in [0.1, 0.15) is 46.7 Å². The largest absolute Gasteiger partial charge is 0.491 e. The molecule has 1 aliphatic rings. The third-order valence-corrected chi connectivity index (χ3v) is 6.82. The van der Waals surface area contributed by atoms with Crippen LogP contribution in [0.3, 0.4) is 0 Å². The fourth-order valence-corrected chi connectivity index (χ4v) is 5.10. The average Bonchev–Trinajstić information content (AvgIpc) is 3.32. The van der Waals surface area contributed by atoms with E-state index in [1.165, 1.54) is 0 Å². The smallest absolute Gasteiger partial charge is 0.424 e. The molecule has 4 nitrogen and oxygen atoms in total. The standard InChI is InChI=1S/C31H27F3N2O2/c32-31(33,34)29(37)38-30(21-26(22-13-5-1-6-14-22)23-15-7-2-8-16-23)35-27(24-17-9-3-10-18-24)28(36-30)25-19-11-4-12-20-25/h1-20,26-28,35-36H,21H2. The molecule has 1 aliphatic heterocycles. The molecule has 194 valence electrons. The molecule has 0 saturated carbocycles. The summed E-state index contributed by atoms with van der Waals surface area (Å²) in [5, 5.41) is 6.58. The minimum absolute atomic E-state index is 0.0233. The number of hydrogen-bond acceptors (Lipinski definition) is 4. The summed E-state index contributed by atoms with van der Waals surface area (Å²) in [5.74, 6) is -4.44. The Morgan fingerprint density at radius 1 is 0.684 bits per heavy atom. The minimum Gasteiger partial charge on any atom is -0.424 e. The molecule has 0 bridgehead atoms. The lowest BCUT2D eigenvalue weighted by Crippen LogP contribution is -2.55. The Kier molecular flexibility index (Phi) is 7.31. The maximum atomic E-state index is 13.6. The van der Waals surface area contributed by atoms with Gasteiger partial charge in [-0.05, 0) is 22.3 Å². The molecule has 0 amide bonds. The number of benzene rings is 4. The third kappa shape index (κ3) is 5.64. The molecule has 2 atom stereocenters. The monoisotopic (exact) mass is 516 g/mol. The Morgan fingerprint density at radius 2 is 1.05 bits per heavy atom. The molecule has 2 N–H and O–H groups in total. The van der Waals surface area contributed by atoms with Gasteiger partial charge in [0.25, 0.3) is 0 Å². The molecular formula is C31H27F3N2O2. The van der Waals surface area contributed by atoms with E-state index in [2.05, 4.69) is 10.6 Å². The first kappa shape index (κ1) is 25.7. The van der Waals surface area contributed by atoms with Gasteiger partial charge in [0.15, 0.2) is 0 Å². The summed E-state index contributed by atoms with van der Waals surface area (Å²) >= 11 is 0. The van der Waals surface area contributed by atoms with Crippen molar-refractivity contribution in [2.75, 3.05) is 0 Å². The van der Waals surface area contributed by atoms with E-state index in [1.807, 2.05) is 121 Å². The Balaban J connectivity index is 1.61. The highest BCUT2D eigenvalue weighted by atomic mass is 19.4. The van der Waals surface area contributed by atoms with E-state index < -0.39 is 30.1 Å². The number of esters is 1. The van der Waals surface area contributed by atoms with Crippen LogP contribution >= 0.6 is 0 Å². The van der Waals surface area contributed by atoms with E-state index in [4.69, 9.17) is 4.74 Å². The number of ether oxygens (including phenoxy) is 1. The zero-order valence-electron chi connectivity index (χ0n) is 20.4. The summed E-state index contributed by atoms with van der Waals surface area (Å²) in [7, 11) is 0. The molecule has 0 radical (unpaired) electrons. The molecular weight excluding hydrogens is 489 g/mol. The molecule has 1 heterocycles. The van der Waals surface area contributed by atoms with Gasteiger partial charge in [0, 0.05) is 12.3 Å². The van der Waals surface area contributed by atoms with Crippen LogP contribution in [0.25, 0.3) is 0 Å². The van der Waals surface area contributed by atoms with E-state index in [9.17, 15) is 18.0 Å². The number of rotatable bonds is 7. The van der Waals surface area contributed by atoms with Gasteiger partial charge in [0.2, 0.25) is 5.85 Å². The van der Waals surface area contributed by atoms with E-state index in [-0.39, 0.29) is 12.3 Å². The SMILES string of the molecule is O=C(OC1(CC(c2ccccc2)c2ccccc2)NC(c2ccccc2)C(c2ccccc2)N1)C(F)(F)F. The summed E-state index contributed by atoms with van der Waals surface area (Å²) in [6.45, 7) is 0.